The molecule has 0 spiro atoms. The topological polar surface area (TPSA) is 207 Å². The SMILES string of the molecule is CCC(C)C(NC(=O)C(Cc1ccc(O)cc1)NC(=O)C(N)Cc1c[nH]c2ccccc12)C(=O)NC(CO)C(=O)O. The Hall–Kier alpha value is -4.42. The Balaban J connectivity index is 1.80. The van der Waals surface area contributed by atoms with Crippen molar-refractivity contribution >= 4 is 34.6 Å². The molecule has 41 heavy (non-hydrogen) atoms. The number of aromatic nitrogens is 1. The van der Waals surface area contributed by atoms with Gasteiger partial charge in [-0.05, 0) is 41.7 Å². The van der Waals surface area contributed by atoms with Gasteiger partial charge in [0.15, 0.2) is 0 Å². The minimum atomic E-state index is -1.54. The summed E-state index contributed by atoms with van der Waals surface area (Å²) < 4.78 is 0. The van der Waals surface area contributed by atoms with Crippen LogP contribution in [0.2, 0.25) is 0 Å². The number of nitrogens with two attached hydrogens (primary N) is 1. The van der Waals surface area contributed by atoms with Crippen LogP contribution in [0.15, 0.2) is 54.7 Å². The van der Waals surface area contributed by atoms with Crippen molar-refractivity contribution in [2.75, 3.05) is 6.61 Å². The van der Waals surface area contributed by atoms with Crippen molar-refractivity contribution < 1.29 is 34.5 Å². The number of nitrogens with one attached hydrogen (secondary N) is 4. The van der Waals surface area contributed by atoms with E-state index >= 15 is 0 Å². The number of para-hydroxylation sites is 1. The number of rotatable bonds is 14. The number of benzene rings is 2. The lowest BCUT2D eigenvalue weighted by Crippen LogP contribution is -2.59. The van der Waals surface area contributed by atoms with Gasteiger partial charge >= 0.3 is 5.97 Å². The number of carbonyl (C=O) groups is 4. The highest BCUT2D eigenvalue weighted by Crippen LogP contribution is 2.19. The van der Waals surface area contributed by atoms with Crippen LogP contribution in [0.25, 0.3) is 10.9 Å². The predicted molar refractivity (Wildman–Crippen MR) is 152 cm³/mol. The van der Waals surface area contributed by atoms with Gasteiger partial charge in [0, 0.05) is 23.5 Å². The monoisotopic (exact) mass is 567 g/mol. The molecule has 3 aromatic rings. The summed E-state index contributed by atoms with van der Waals surface area (Å²) in [6, 6.07) is 8.89. The van der Waals surface area contributed by atoms with E-state index in [0.717, 1.165) is 16.5 Å². The van der Waals surface area contributed by atoms with Crippen molar-refractivity contribution in [1.29, 1.82) is 0 Å². The van der Waals surface area contributed by atoms with Gasteiger partial charge in [-0.25, -0.2) is 4.79 Å². The van der Waals surface area contributed by atoms with Crippen molar-refractivity contribution in [3.8, 4) is 5.75 Å². The molecule has 9 N–H and O–H groups in total. The van der Waals surface area contributed by atoms with Gasteiger partial charge in [-0.1, -0.05) is 50.6 Å². The first-order valence-corrected chi connectivity index (χ1v) is 13.4. The van der Waals surface area contributed by atoms with E-state index in [1.807, 2.05) is 24.3 Å². The molecule has 1 heterocycles. The molecule has 12 nitrogen and oxygen atoms in total. The summed E-state index contributed by atoms with van der Waals surface area (Å²) in [5.41, 5.74) is 8.62. The van der Waals surface area contributed by atoms with Crippen LogP contribution in [-0.2, 0) is 32.0 Å². The Morgan fingerprint density at radius 3 is 2.20 bits per heavy atom. The van der Waals surface area contributed by atoms with Gasteiger partial charge in [0.05, 0.1) is 12.6 Å². The molecule has 5 atom stereocenters. The lowest BCUT2D eigenvalue weighted by atomic mass is 9.96. The van der Waals surface area contributed by atoms with Crippen molar-refractivity contribution in [3.05, 3.63) is 65.9 Å². The molecule has 0 aliphatic heterocycles. The van der Waals surface area contributed by atoms with Gasteiger partial charge in [0.25, 0.3) is 0 Å². The molecule has 12 heteroatoms. The first kappa shape index (κ1) is 31.1. The second kappa shape index (κ2) is 14.3. The molecule has 0 saturated heterocycles. The van der Waals surface area contributed by atoms with E-state index in [4.69, 9.17) is 5.73 Å². The fourth-order valence-electron chi connectivity index (χ4n) is 4.39. The Bertz CT molecular complexity index is 1360. The van der Waals surface area contributed by atoms with E-state index in [2.05, 4.69) is 20.9 Å². The molecule has 0 bridgehead atoms. The Morgan fingerprint density at radius 2 is 1.56 bits per heavy atom. The average Bonchev–Trinajstić information content (AvgIpc) is 3.36. The van der Waals surface area contributed by atoms with Gasteiger partial charge in [-0.2, -0.15) is 0 Å². The van der Waals surface area contributed by atoms with Crippen molar-refractivity contribution in [1.82, 2.24) is 20.9 Å². The number of carboxylic acid groups (broad SMARTS) is 1. The molecule has 0 aliphatic carbocycles. The molecular formula is C29H37N5O7. The van der Waals surface area contributed by atoms with E-state index in [-0.39, 0.29) is 18.6 Å². The standard InChI is InChI=1S/C29H37N5O7/c1-3-16(2)25(28(39)33-24(15-35)29(40)41)34-27(38)23(12-17-8-10-19(36)11-9-17)32-26(37)21(30)13-18-14-31-22-7-5-4-6-20(18)22/h4-11,14,16,21,23-25,31,35-36H,3,12-13,15,30H2,1-2H3,(H,32,37)(H,33,39)(H,34,38)(H,40,41). The average molecular weight is 568 g/mol. The normalized spacial score (nSPS) is 14.8. The molecule has 0 aliphatic rings. The number of carbonyl (C=O) groups excluding carboxylic acids is 3. The number of aliphatic hydroxyl groups is 1. The molecule has 1 aromatic heterocycles. The third-order valence-corrected chi connectivity index (χ3v) is 7.05. The first-order chi connectivity index (χ1) is 19.5. The molecule has 2 aromatic carbocycles. The van der Waals surface area contributed by atoms with Crippen molar-refractivity contribution in [3.63, 3.8) is 0 Å². The zero-order valence-corrected chi connectivity index (χ0v) is 23.0. The third kappa shape index (κ3) is 8.29. The van der Waals surface area contributed by atoms with Crippen LogP contribution in [0.1, 0.15) is 31.4 Å². The maximum absolute atomic E-state index is 13.5. The summed E-state index contributed by atoms with van der Waals surface area (Å²) in [4.78, 5) is 54.1. The quantitative estimate of drug-likeness (QED) is 0.138. The minimum absolute atomic E-state index is 0.0287. The maximum atomic E-state index is 13.5. The van der Waals surface area contributed by atoms with Crippen LogP contribution in [0.4, 0.5) is 0 Å². The highest BCUT2D eigenvalue weighted by Gasteiger charge is 2.33. The molecule has 5 unspecified atom stereocenters. The highest BCUT2D eigenvalue weighted by atomic mass is 16.4. The van der Waals surface area contributed by atoms with Crippen molar-refractivity contribution in [2.24, 2.45) is 11.7 Å². The van der Waals surface area contributed by atoms with Gasteiger partial charge in [-0.3, -0.25) is 14.4 Å². The zero-order valence-electron chi connectivity index (χ0n) is 23.0. The van der Waals surface area contributed by atoms with Gasteiger partial charge < -0.3 is 42.0 Å². The fraction of sp³-hybridized carbons (Fsp3) is 0.379. The number of carboxylic acids is 1. The number of hydrogen-bond donors (Lipinski definition) is 8. The largest absolute Gasteiger partial charge is 0.508 e. The van der Waals surface area contributed by atoms with E-state index in [1.54, 1.807) is 32.2 Å². The number of aliphatic hydroxyl groups excluding tert-OH is 1. The number of aromatic hydroxyl groups is 1. The van der Waals surface area contributed by atoms with Crippen LogP contribution in [-0.4, -0.2) is 74.8 Å². The number of hydrogen-bond acceptors (Lipinski definition) is 7. The number of H-pyrrole nitrogens is 1. The van der Waals surface area contributed by atoms with Crippen LogP contribution in [0.3, 0.4) is 0 Å². The van der Waals surface area contributed by atoms with E-state index in [0.29, 0.717) is 12.0 Å². The molecule has 3 rings (SSSR count). The Morgan fingerprint density at radius 1 is 0.902 bits per heavy atom. The molecule has 3 amide bonds. The number of fused-ring (bicyclic) bond motifs is 1. The van der Waals surface area contributed by atoms with E-state index < -0.39 is 60.4 Å². The maximum Gasteiger partial charge on any atom is 0.328 e. The number of phenols is 1. The summed E-state index contributed by atoms with van der Waals surface area (Å²) >= 11 is 0. The Kier molecular flexibility index (Phi) is 10.8. The van der Waals surface area contributed by atoms with Gasteiger partial charge in [0.1, 0.15) is 23.9 Å². The van der Waals surface area contributed by atoms with Gasteiger partial charge in [-0.15, -0.1) is 0 Å². The third-order valence-electron chi connectivity index (χ3n) is 7.05. The lowest BCUT2D eigenvalue weighted by molar-refractivity contribution is -0.143. The number of aliphatic carboxylic acids is 1. The van der Waals surface area contributed by atoms with E-state index in [9.17, 15) is 34.5 Å². The van der Waals surface area contributed by atoms with Crippen LogP contribution < -0.4 is 21.7 Å². The number of phenolic OH excluding ortho intramolecular Hbond substituents is 1. The summed E-state index contributed by atoms with van der Waals surface area (Å²) in [5, 5.41) is 36.7. The summed E-state index contributed by atoms with van der Waals surface area (Å²) in [5.74, 6) is -3.82. The summed E-state index contributed by atoms with van der Waals surface area (Å²) in [7, 11) is 0. The number of aromatic amines is 1. The van der Waals surface area contributed by atoms with Crippen molar-refractivity contribution in [2.45, 2.75) is 57.3 Å². The zero-order chi connectivity index (χ0) is 30.1. The summed E-state index contributed by atoms with van der Waals surface area (Å²) in [6.45, 7) is 2.69. The second-order valence-electron chi connectivity index (χ2n) is 10.1. The fourth-order valence-corrected chi connectivity index (χ4v) is 4.39. The minimum Gasteiger partial charge on any atom is -0.508 e. The van der Waals surface area contributed by atoms with E-state index in [1.165, 1.54) is 12.1 Å². The lowest BCUT2D eigenvalue weighted by Gasteiger charge is -2.28. The molecule has 0 radical (unpaired) electrons. The number of amides is 3. The van der Waals surface area contributed by atoms with Crippen LogP contribution in [0.5, 0.6) is 5.75 Å². The first-order valence-electron chi connectivity index (χ1n) is 13.4. The van der Waals surface area contributed by atoms with Crippen LogP contribution >= 0.6 is 0 Å². The summed E-state index contributed by atoms with van der Waals surface area (Å²) in [6.07, 6.45) is 2.49. The highest BCUT2D eigenvalue weighted by molar-refractivity contribution is 5.94. The molecule has 0 fully saturated rings. The van der Waals surface area contributed by atoms with Gasteiger partial charge in [0.2, 0.25) is 17.7 Å². The molecule has 220 valence electrons. The van der Waals surface area contributed by atoms with Crippen LogP contribution in [0, 0.1) is 5.92 Å². The molecular weight excluding hydrogens is 530 g/mol. The second-order valence-corrected chi connectivity index (χ2v) is 10.1. The Labute approximate surface area is 237 Å². The smallest absolute Gasteiger partial charge is 0.328 e. The molecule has 0 saturated carbocycles. The predicted octanol–water partition coefficient (Wildman–Crippen LogP) is 0.563.